The monoisotopic (exact) mass is 451 g/mol. The summed E-state index contributed by atoms with van der Waals surface area (Å²) in [5.74, 6) is 0.283. The van der Waals surface area contributed by atoms with Gasteiger partial charge in [-0.15, -0.1) is 0 Å². The fraction of sp³-hybridized carbons (Fsp3) is 0.385. The molecule has 0 bridgehead atoms. The average Bonchev–Trinajstić information content (AvgIpc) is 3.13. The van der Waals surface area contributed by atoms with E-state index in [-0.39, 0.29) is 11.8 Å². The largest absolute Gasteiger partial charge is 0.354 e. The molecule has 0 saturated carbocycles. The predicted molar refractivity (Wildman–Crippen MR) is 129 cm³/mol. The zero-order valence-corrected chi connectivity index (χ0v) is 19.7. The molecule has 0 radical (unpaired) electrons. The van der Waals surface area contributed by atoms with Crippen LogP contribution in [0.15, 0.2) is 54.6 Å². The third-order valence-electron chi connectivity index (χ3n) is 6.37. The van der Waals surface area contributed by atoms with E-state index in [4.69, 9.17) is 11.6 Å². The van der Waals surface area contributed by atoms with E-state index in [2.05, 4.69) is 19.2 Å². The Morgan fingerprint density at radius 1 is 1.16 bits per heavy atom. The normalized spacial score (nSPS) is 18.3. The maximum atomic E-state index is 13.7. The minimum absolute atomic E-state index is 0.106. The Labute approximate surface area is 194 Å². The zero-order chi connectivity index (χ0) is 22.9. The summed E-state index contributed by atoms with van der Waals surface area (Å²) in [6.45, 7) is 7.63. The number of rotatable bonds is 7. The van der Waals surface area contributed by atoms with Crippen molar-refractivity contribution in [1.29, 1.82) is 0 Å². The number of hydrogen-bond donors (Lipinski definition) is 1. The molecule has 1 aromatic heterocycles. The number of amides is 2. The Kier molecular flexibility index (Phi) is 6.29. The van der Waals surface area contributed by atoms with Gasteiger partial charge in [-0.3, -0.25) is 9.59 Å². The fourth-order valence-corrected chi connectivity index (χ4v) is 4.54. The number of carbonyl (C=O) groups is 2. The minimum atomic E-state index is -0.977. The van der Waals surface area contributed by atoms with E-state index < -0.39 is 5.54 Å². The Bertz CT molecular complexity index is 1140. The molecule has 168 valence electrons. The molecule has 3 aromatic rings. The summed E-state index contributed by atoms with van der Waals surface area (Å²) in [5, 5.41) is 4.78. The molecule has 4 rings (SSSR count). The molecule has 2 aromatic carbocycles. The SMILES string of the molecule is CC(C)CCNC(=O)[C@]1(C)Cn2c(cc3ccccc32)C(=O)N1CCc1ccc(Cl)cc1. The highest BCUT2D eigenvalue weighted by Gasteiger charge is 2.47. The van der Waals surface area contributed by atoms with E-state index in [1.54, 1.807) is 4.90 Å². The second kappa shape index (κ2) is 8.99. The maximum Gasteiger partial charge on any atom is 0.271 e. The number of para-hydroxylation sites is 1. The van der Waals surface area contributed by atoms with E-state index >= 15 is 0 Å². The summed E-state index contributed by atoms with van der Waals surface area (Å²) in [5.41, 5.74) is 1.72. The van der Waals surface area contributed by atoms with Gasteiger partial charge in [0.05, 0.1) is 6.54 Å². The van der Waals surface area contributed by atoms with Crippen molar-refractivity contribution in [2.24, 2.45) is 5.92 Å². The number of nitrogens with one attached hydrogen (secondary N) is 1. The molecule has 0 spiro atoms. The van der Waals surface area contributed by atoms with Crippen molar-refractivity contribution in [2.75, 3.05) is 13.1 Å². The number of hydrogen-bond acceptors (Lipinski definition) is 2. The number of fused-ring (bicyclic) bond motifs is 3. The summed E-state index contributed by atoms with van der Waals surface area (Å²) < 4.78 is 2.00. The average molecular weight is 452 g/mol. The van der Waals surface area contributed by atoms with Gasteiger partial charge in [0, 0.05) is 29.0 Å². The number of aromatic nitrogens is 1. The fourth-order valence-electron chi connectivity index (χ4n) is 4.41. The molecule has 2 heterocycles. The van der Waals surface area contributed by atoms with Crippen molar-refractivity contribution >= 4 is 34.3 Å². The van der Waals surface area contributed by atoms with Gasteiger partial charge in [0.1, 0.15) is 11.2 Å². The quantitative estimate of drug-likeness (QED) is 0.554. The van der Waals surface area contributed by atoms with E-state index in [0.717, 1.165) is 22.9 Å². The van der Waals surface area contributed by atoms with Crippen molar-refractivity contribution in [3.8, 4) is 0 Å². The molecule has 5 nitrogen and oxygen atoms in total. The minimum Gasteiger partial charge on any atom is -0.354 e. The van der Waals surface area contributed by atoms with Crippen LogP contribution in [0.4, 0.5) is 0 Å². The lowest BCUT2D eigenvalue weighted by atomic mass is 9.93. The lowest BCUT2D eigenvalue weighted by Crippen LogP contribution is -2.64. The standard InChI is InChI=1S/C26H30ClN3O2/c1-18(2)12-14-28-25(32)26(3)17-29-22-7-5-4-6-20(22)16-23(29)24(31)30(26)15-13-19-8-10-21(27)11-9-19/h4-11,16,18H,12-15,17H2,1-3H3,(H,28,32)/t26-/m0/s1. The van der Waals surface area contributed by atoms with E-state index in [0.29, 0.717) is 42.7 Å². The van der Waals surface area contributed by atoms with Crippen LogP contribution in [0.5, 0.6) is 0 Å². The Morgan fingerprint density at radius 3 is 2.59 bits per heavy atom. The molecule has 1 N–H and O–H groups in total. The van der Waals surface area contributed by atoms with Crippen molar-refractivity contribution in [3.63, 3.8) is 0 Å². The molecular weight excluding hydrogens is 422 g/mol. The summed E-state index contributed by atoms with van der Waals surface area (Å²) in [7, 11) is 0. The Hall–Kier alpha value is -2.79. The highest BCUT2D eigenvalue weighted by atomic mass is 35.5. The van der Waals surface area contributed by atoms with Gasteiger partial charge in [-0.25, -0.2) is 0 Å². The van der Waals surface area contributed by atoms with Crippen molar-refractivity contribution in [1.82, 2.24) is 14.8 Å². The van der Waals surface area contributed by atoms with E-state index in [1.165, 1.54) is 0 Å². The molecule has 0 unspecified atom stereocenters. The van der Waals surface area contributed by atoms with Crippen LogP contribution in [0.2, 0.25) is 5.02 Å². The van der Waals surface area contributed by atoms with Crippen LogP contribution in [-0.4, -0.2) is 39.9 Å². The van der Waals surface area contributed by atoms with Gasteiger partial charge in [-0.05, 0) is 55.5 Å². The first-order chi connectivity index (χ1) is 15.3. The second-order valence-electron chi connectivity index (χ2n) is 9.22. The number of nitrogens with zero attached hydrogens (tertiary/aromatic N) is 2. The summed E-state index contributed by atoms with van der Waals surface area (Å²) in [4.78, 5) is 28.9. The molecular formula is C26H30ClN3O2. The Balaban J connectivity index is 1.67. The third-order valence-corrected chi connectivity index (χ3v) is 6.62. The van der Waals surface area contributed by atoms with Gasteiger partial charge in [-0.1, -0.05) is 55.8 Å². The number of benzene rings is 2. The smallest absolute Gasteiger partial charge is 0.271 e. The third kappa shape index (κ3) is 4.26. The van der Waals surface area contributed by atoms with Crippen LogP contribution < -0.4 is 5.32 Å². The molecule has 1 aliphatic rings. The molecule has 6 heteroatoms. The van der Waals surface area contributed by atoms with Crippen molar-refractivity contribution in [3.05, 3.63) is 70.9 Å². The van der Waals surface area contributed by atoms with Crippen LogP contribution in [-0.2, 0) is 17.8 Å². The second-order valence-corrected chi connectivity index (χ2v) is 9.66. The van der Waals surface area contributed by atoms with Crippen LogP contribution >= 0.6 is 11.6 Å². The van der Waals surface area contributed by atoms with Gasteiger partial charge in [0.25, 0.3) is 5.91 Å². The maximum absolute atomic E-state index is 13.7. The van der Waals surface area contributed by atoms with Crippen molar-refractivity contribution in [2.45, 2.75) is 45.7 Å². The molecule has 0 saturated heterocycles. The van der Waals surface area contributed by atoms with E-state index in [9.17, 15) is 9.59 Å². The first-order valence-corrected chi connectivity index (χ1v) is 11.6. The predicted octanol–water partition coefficient (Wildman–Crippen LogP) is 4.91. The summed E-state index contributed by atoms with van der Waals surface area (Å²) in [6, 6.07) is 17.5. The van der Waals surface area contributed by atoms with Crippen LogP contribution in [0.1, 0.15) is 43.2 Å². The number of halogens is 1. The molecule has 1 aliphatic heterocycles. The summed E-state index contributed by atoms with van der Waals surface area (Å²) in [6.07, 6.45) is 1.55. The van der Waals surface area contributed by atoms with Gasteiger partial charge in [0.2, 0.25) is 5.91 Å². The van der Waals surface area contributed by atoms with Gasteiger partial charge in [0.15, 0.2) is 0 Å². The van der Waals surface area contributed by atoms with E-state index in [1.807, 2.05) is 66.1 Å². The highest BCUT2D eigenvalue weighted by molar-refractivity contribution is 6.30. The Morgan fingerprint density at radius 2 is 1.88 bits per heavy atom. The van der Waals surface area contributed by atoms with Gasteiger partial charge in [-0.2, -0.15) is 0 Å². The first-order valence-electron chi connectivity index (χ1n) is 11.2. The highest BCUT2D eigenvalue weighted by Crippen LogP contribution is 2.32. The molecule has 32 heavy (non-hydrogen) atoms. The van der Waals surface area contributed by atoms with Crippen LogP contribution in [0, 0.1) is 5.92 Å². The zero-order valence-electron chi connectivity index (χ0n) is 18.9. The van der Waals surface area contributed by atoms with Crippen molar-refractivity contribution < 1.29 is 9.59 Å². The number of carbonyl (C=O) groups excluding carboxylic acids is 2. The topological polar surface area (TPSA) is 54.3 Å². The van der Waals surface area contributed by atoms with Gasteiger partial charge < -0.3 is 14.8 Å². The molecule has 0 aliphatic carbocycles. The summed E-state index contributed by atoms with van der Waals surface area (Å²) >= 11 is 6.02. The lowest BCUT2D eigenvalue weighted by Gasteiger charge is -2.44. The first kappa shape index (κ1) is 22.4. The molecule has 1 atom stereocenters. The molecule has 0 fully saturated rings. The van der Waals surface area contributed by atoms with Crippen LogP contribution in [0.3, 0.4) is 0 Å². The van der Waals surface area contributed by atoms with Crippen LogP contribution in [0.25, 0.3) is 10.9 Å². The molecule has 2 amide bonds. The lowest BCUT2D eigenvalue weighted by molar-refractivity contribution is -0.132. The van der Waals surface area contributed by atoms with Gasteiger partial charge >= 0.3 is 0 Å².